The quantitative estimate of drug-likeness (QED) is 0.755. The lowest BCUT2D eigenvalue weighted by Gasteiger charge is -2.50. The number of nitrogens with one attached hydrogen (secondary N) is 1. The number of ether oxygens (including phenoxy) is 1. The predicted octanol–water partition coefficient (Wildman–Crippen LogP) is 1.10. The highest BCUT2D eigenvalue weighted by molar-refractivity contribution is 4.97. The van der Waals surface area contributed by atoms with Crippen LogP contribution in [0, 0.1) is 5.92 Å². The van der Waals surface area contributed by atoms with Gasteiger partial charge in [0.25, 0.3) is 0 Å². The van der Waals surface area contributed by atoms with Gasteiger partial charge >= 0.3 is 0 Å². The van der Waals surface area contributed by atoms with Crippen molar-refractivity contribution < 1.29 is 4.74 Å². The number of hydrogen-bond acceptors (Lipinski definition) is 3. The van der Waals surface area contributed by atoms with Gasteiger partial charge in [-0.1, -0.05) is 0 Å². The summed E-state index contributed by atoms with van der Waals surface area (Å²) in [5.74, 6) is 0.762. The van der Waals surface area contributed by atoms with Crippen molar-refractivity contribution in [2.45, 2.75) is 31.3 Å². The normalized spacial score (nSPS) is 40.4. The molecule has 0 aromatic heterocycles. The number of methoxy groups -OCH3 is 1. The Morgan fingerprint density at radius 2 is 2.33 bits per heavy atom. The highest BCUT2D eigenvalue weighted by atomic mass is 16.5. The number of piperidine rings is 2. The Kier molecular flexibility index (Phi) is 3.65. The van der Waals surface area contributed by atoms with Crippen molar-refractivity contribution in [2.75, 3.05) is 40.3 Å². The lowest BCUT2D eigenvalue weighted by atomic mass is 9.74. The summed E-state index contributed by atoms with van der Waals surface area (Å²) in [5, 5.41) is 3.25. The Balaban J connectivity index is 2.03. The average molecular weight is 212 g/mol. The molecule has 2 bridgehead atoms. The zero-order chi connectivity index (χ0) is 10.7. The highest BCUT2D eigenvalue weighted by Gasteiger charge is 2.43. The maximum atomic E-state index is 5.90. The first-order valence-corrected chi connectivity index (χ1v) is 6.23. The van der Waals surface area contributed by atoms with Crippen LogP contribution in [0.5, 0.6) is 0 Å². The van der Waals surface area contributed by atoms with E-state index < -0.39 is 0 Å². The summed E-state index contributed by atoms with van der Waals surface area (Å²) >= 11 is 0. The largest absolute Gasteiger partial charge is 0.378 e. The molecule has 0 amide bonds. The molecule has 3 atom stereocenters. The van der Waals surface area contributed by atoms with Crippen molar-refractivity contribution in [2.24, 2.45) is 5.92 Å². The van der Waals surface area contributed by atoms with Crippen LogP contribution in [0.25, 0.3) is 0 Å². The van der Waals surface area contributed by atoms with Crippen LogP contribution in [-0.4, -0.2) is 50.8 Å². The molecule has 2 fully saturated rings. The minimum absolute atomic E-state index is 0.167. The molecule has 15 heavy (non-hydrogen) atoms. The lowest BCUT2D eigenvalue weighted by Crippen LogP contribution is -2.56. The molecular formula is C12H24N2O. The van der Waals surface area contributed by atoms with E-state index in [4.69, 9.17) is 4.74 Å². The molecule has 0 spiro atoms. The molecule has 2 aliphatic rings. The molecule has 0 radical (unpaired) electrons. The topological polar surface area (TPSA) is 24.5 Å². The first kappa shape index (κ1) is 11.4. The molecule has 3 unspecified atom stereocenters. The highest BCUT2D eigenvalue weighted by Crippen LogP contribution is 2.39. The van der Waals surface area contributed by atoms with Crippen molar-refractivity contribution in [1.29, 1.82) is 0 Å². The van der Waals surface area contributed by atoms with Gasteiger partial charge in [-0.25, -0.2) is 0 Å². The van der Waals surface area contributed by atoms with Crippen molar-refractivity contribution in [1.82, 2.24) is 10.2 Å². The second-order valence-electron chi connectivity index (χ2n) is 5.01. The van der Waals surface area contributed by atoms with Crippen molar-refractivity contribution >= 4 is 0 Å². The van der Waals surface area contributed by atoms with Crippen molar-refractivity contribution in [3.8, 4) is 0 Å². The first-order chi connectivity index (χ1) is 7.30. The Bertz CT molecular complexity index is 206. The van der Waals surface area contributed by atoms with Crippen LogP contribution in [0.3, 0.4) is 0 Å². The van der Waals surface area contributed by atoms with E-state index >= 15 is 0 Å². The van der Waals surface area contributed by atoms with Gasteiger partial charge in [-0.2, -0.15) is 0 Å². The summed E-state index contributed by atoms with van der Waals surface area (Å²) in [4.78, 5) is 2.60. The number of nitrogens with zero attached hydrogens (tertiary/aromatic N) is 1. The Morgan fingerprint density at radius 3 is 3.07 bits per heavy atom. The third-order valence-corrected chi connectivity index (χ3v) is 4.31. The van der Waals surface area contributed by atoms with Gasteiger partial charge in [0.2, 0.25) is 0 Å². The van der Waals surface area contributed by atoms with E-state index in [1.54, 1.807) is 0 Å². The summed E-state index contributed by atoms with van der Waals surface area (Å²) in [6.45, 7) is 4.87. The van der Waals surface area contributed by atoms with E-state index in [1.165, 1.54) is 45.3 Å². The molecule has 1 N–H and O–H groups in total. The Labute approximate surface area is 93.2 Å². The maximum absolute atomic E-state index is 5.90. The van der Waals surface area contributed by atoms with E-state index in [2.05, 4.69) is 10.2 Å². The summed E-state index contributed by atoms with van der Waals surface area (Å²) in [6.07, 6.45) is 5.09. The third-order valence-electron chi connectivity index (χ3n) is 4.31. The van der Waals surface area contributed by atoms with E-state index in [9.17, 15) is 0 Å². The predicted molar refractivity (Wildman–Crippen MR) is 62.1 cm³/mol. The summed E-state index contributed by atoms with van der Waals surface area (Å²) in [5.41, 5.74) is 0.167. The lowest BCUT2D eigenvalue weighted by molar-refractivity contribution is -0.119. The summed E-state index contributed by atoms with van der Waals surface area (Å²) in [6, 6.07) is 0. The number of fused-ring (bicyclic) bond motifs is 2. The van der Waals surface area contributed by atoms with Gasteiger partial charge in [-0.05, 0) is 45.8 Å². The van der Waals surface area contributed by atoms with Crippen LogP contribution in [0.2, 0.25) is 0 Å². The molecule has 88 valence electrons. The van der Waals surface area contributed by atoms with E-state index in [0.29, 0.717) is 0 Å². The Morgan fingerprint density at radius 1 is 1.47 bits per heavy atom. The van der Waals surface area contributed by atoms with E-state index in [0.717, 1.165) is 12.5 Å². The van der Waals surface area contributed by atoms with Gasteiger partial charge in [0.05, 0.1) is 5.60 Å². The summed E-state index contributed by atoms with van der Waals surface area (Å²) < 4.78 is 5.90. The van der Waals surface area contributed by atoms with Crippen LogP contribution in [0.15, 0.2) is 0 Å². The molecule has 0 aromatic rings. The minimum Gasteiger partial charge on any atom is -0.378 e. The van der Waals surface area contributed by atoms with Gasteiger partial charge in [0.15, 0.2) is 0 Å². The van der Waals surface area contributed by atoms with Crippen LogP contribution in [0.4, 0.5) is 0 Å². The van der Waals surface area contributed by atoms with Gasteiger partial charge in [-0.3, -0.25) is 0 Å². The third kappa shape index (κ3) is 2.19. The second-order valence-corrected chi connectivity index (χ2v) is 5.01. The van der Waals surface area contributed by atoms with Crippen LogP contribution < -0.4 is 5.32 Å². The number of hydrogen-bond donors (Lipinski definition) is 1. The Hall–Kier alpha value is -0.120. The zero-order valence-corrected chi connectivity index (χ0v) is 10.1. The fraction of sp³-hybridized carbons (Fsp3) is 1.00. The average Bonchev–Trinajstić information content (AvgIpc) is 2.30. The maximum Gasteiger partial charge on any atom is 0.0743 e. The molecule has 2 saturated heterocycles. The van der Waals surface area contributed by atoms with Crippen molar-refractivity contribution in [3.63, 3.8) is 0 Å². The summed E-state index contributed by atoms with van der Waals surface area (Å²) in [7, 11) is 3.93. The molecule has 0 aromatic carbocycles. The van der Waals surface area contributed by atoms with E-state index in [-0.39, 0.29) is 5.60 Å². The van der Waals surface area contributed by atoms with Gasteiger partial charge in [0, 0.05) is 26.1 Å². The monoisotopic (exact) mass is 212 g/mol. The van der Waals surface area contributed by atoms with E-state index in [1.807, 2.05) is 14.2 Å². The fourth-order valence-electron chi connectivity index (χ4n) is 3.28. The molecule has 0 aliphatic carbocycles. The van der Waals surface area contributed by atoms with Crippen LogP contribution in [0.1, 0.15) is 25.7 Å². The fourth-order valence-corrected chi connectivity index (χ4v) is 3.28. The second kappa shape index (κ2) is 4.81. The molecule has 2 rings (SSSR count). The van der Waals surface area contributed by atoms with Gasteiger partial charge < -0.3 is 15.0 Å². The standard InChI is InChI=1S/C12H24N2O/c1-13-7-5-12(15-2)6-9-14-8-3-4-11(12)10-14/h11,13H,3-10H2,1-2H3. The zero-order valence-electron chi connectivity index (χ0n) is 10.1. The van der Waals surface area contributed by atoms with Gasteiger partial charge in [0.1, 0.15) is 0 Å². The molecule has 3 nitrogen and oxygen atoms in total. The molecule has 3 heteroatoms. The van der Waals surface area contributed by atoms with Gasteiger partial charge in [-0.15, -0.1) is 0 Å². The molecule has 0 saturated carbocycles. The SMILES string of the molecule is CNCCC1(OC)CCN2CCCC1C2. The van der Waals surface area contributed by atoms with Crippen LogP contribution in [-0.2, 0) is 4.74 Å². The van der Waals surface area contributed by atoms with Crippen molar-refractivity contribution in [3.05, 3.63) is 0 Å². The smallest absolute Gasteiger partial charge is 0.0743 e. The first-order valence-electron chi connectivity index (χ1n) is 6.23. The molecule has 2 heterocycles. The number of rotatable bonds is 4. The molecule has 2 aliphatic heterocycles. The minimum atomic E-state index is 0.167. The van der Waals surface area contributed by atoms with Crippen LogP contribution >= 0.6 is 0 Å². The molecular weight excluding hydrogens is 188 g/mol.